The van der Waals surface area contributed by atoms with Gasteiger partial charge in [0.05, 0.1) is 17.6 Å². The monoisotopic (exact) mass is 279 g/mol. The number of hydrogen-bond donors (Lipinski definition) is 0. The molecule has 0 saturated heterocycles. The summed E-state index contributed by atoms with van der Waals surface area (Å²) in [5, 5.41) is 8.09. The first-order chi connectivity index (χ1) is 9.13. The van der Waals surface area contributed by atoms with Gasteiger partial charge in [0, 0.05) is 12.6 Å². The second kappa shape index (κ2) is 5.97. The number of nitrogens with zero attached hydrogens (tertiary/aromatic N) is 3. The average molecular weight is 280 g/mol. The number of halogens is 2. The minimum absolute atomic E-state index is 0.127. The zero-order valence-corrected chi connectivity index (χ0v) is 11.6. The van der Waals surface area contributed by atoms with Gasteiger partial charge in [0.1, 0.15) is 5.82 Å². The molecule has 1 heterocycles. The van der Waals surface area contributed by atoms with E-state index < -0.39 is 0 Å². The first-order valence-electron chi connectivity index (χ1n) is 5.99. The van der Waals surface area contributed by atoms with Crippen molar-refractivity contribution in [1.29, 1.82) is 0 Å². The van der Waals surface area contributed by atoms with E-state index in [1.165, 1.54) is 6.07 Å². The molecule has 19 heavy (non-hydrogen) atoms. The fourth-order valence-corrected chi connectivity index (χ4v) is 1.98. The summed E-state index contributed by atoms with van der Waals surface area (Å²) in [6, 6.07) is 10.3. The predicted octanol–water partition coefficient (Wildman–Crippen LogP) is 3.55. The van der Waals surface area contributed by atoms with E-state index in [1.54, 1.807) is 12.1 Å². The van der Waals surface area contributed by atoms with E-state index in [0.717, 1.165) is 5.69 Å². The van der Waals surface area contributed by atoms with Crippen LogP contribution in [-0.4, -0.2) is 17.2 Å². The zero-order chi connectivity index (χ0) is 13.8. The van der Waals surface area contributed by atoms with Crippen LogP contribution in [0.15, 0.2) is 36.4 Å². The van der Waals surface area contributed by atoms with E-state index in [2.05, 4.69) is 10.2 Å². The second-order valence-electron chi connectivity index (χ2n) is 4.32. The maximum absolute atomic E-state index is 13.8. The third-order valence-electron chi connectivity index (χ3n) is 3.14. The topological polar surface area (TPSA) is 29.0 Å². The summed E-state index contributed by atoms with van der Waals surface area (Å²) in [7, 11) is 1.86. The van der Waals surface area contributed by atoms with Gasteiger partial charge in [-0.3, -0.25) is 0 Å². The molecule has 0 spiro atoms. The van der Waals surface area contributed by atoms with E-state index >= 15 is 0 Å². The molecule has 1 unspecified atom stereocenters. The molecule has 0 saturated carbocycles. The van der Waals surface area contributed by atoms with Gasteiger partial charge >= 0.3 is 0 Å². The van der Waals surface area contributed by atoms with Gasteiger partial charge in [0.15, 0.2) is 5.82 Å². The van der Waals surface area contributed by atoms with Crippen LogP contribution in [0.25, 0.3) is 0 Å². The molecule has 2 rings (SSSR count). The summed E-state index contributed by atoms with van der Waals surface area (Å²) in [5.74, 6) is 0.802. The highest BCUT2D eigenvalue weighted by atomic mass is 35.5. The lowest BCUT2D eigenvalue weighted by molar-refractivity contribution is 0.583. The third-order valence-corrected chi connectivity index (χ3v) is 3.41. The van der Waals surface area contributed by atoms with Crippen LogP contribution in [0.1, 0.15) is 24.2 Å². The van der Waals surface area contributed by atoms with Crippen molar-refractivity contribution in [1.82, 2.24) is 10.2 Å². The molecular formula is C14H15ClFN3. The number of alkyl halides is 1. The molecule has 2 aromatic rings. The van der Waals surface area contributed by atoms with E-state index in [1.807, 2.05) is 37.1 Å². The first kappa shape index (κ1) is 13.7. The highest BCUT2D eigenvalue weighted by Crippen LogP contribution is 2.25. The molecule has 0 amide bonds. The van der Waals surface area contributed by atoms with Gasteiger partial charge < -0.3 is 4.90 Å². The summed E-state index contributed by atoms with van der Waals surface area (Å²) < 4.78 is 13.8. The molecule has 0 aliphatic heterocycles. The summed E-state index contributed by atoms with van der Waals surface area (Å²) >= 11 is 5.67. The van der Waals surface area contributed by atoms with E-state index in [-0.39, 0.29) is 11.9 Å². The van der Waals surface area contributed by atoms with Crippen molar-refractivity contribution in [3.05, 3.63) is 53.5 Å². The Morgan fingerprint density at radius 3 is 2.53 bits per heavy atom. The smallest absolute Gasteiger partial charge is 0.151 e. The van der Waals surface area contributed by atoms with E-state index in [9.17, 15) is 4.39 Å². The number of anilines is 1. The Morgan fingerprint density at radius 1 is 1.21 bits per heavy atom. The first-order valence-corrected chi connectivity index (χ1v) is 6.52. The summed E-state index contributed by atoms with van der Waals surface area (Å²) in [6.45, 7) is 1.93. The average Bonchev–Trinajstić information content (AvgIpc) is 2.46. The Balaban J connectivity index is 2.23. The standard InChI is InChI=1S/C14H15ClFN3/c1-10(12-5-3-4-6-13(12)16)19(2)14-8-7-11(9-15)17-18-14/h3-8,10H,9H2,1-2H3. The van der Waals surface area contributed by atoms with Gasteiger partial charge in [-0.1, -0.05) is 18.2 Å². The largest absolute Gasteiger partial charge is 0.351 e. The van der Waals surface area contributed by atoms with Crippen molar-refractivity contribution >= 4 is 17.4 Å². The fraction of sp³-hybridized carbons (Fsp3) is 0.286. The predicted molar refractivity (Wildman–Crippen MR) is 74.8 cm³/mol. The Kier molecular flexibility index (Phi) is 4.32. The van der Waals surface area contributed by atoms with Crippen LogP contribution in [0.3, 0.4) is 0 Å². The van der Waals surface area contributed by atoms with Crippen LogP contribution in [0, 0.1) is 5.82 Å². The van der Waals surface area contributed by atoms with Crippen molar-refractivity contribution in [3.8, 4) is 0 Å². The maximum Gasteiger partial charge on any atom is 0.151 e. The highest BCUT2D eigenvalue weighted by molar-refractivity contribution is 6.16. The normalized spacial score (nSPS) is 12.2. The van der Waals surface area contributed by atoms with Gasteiger partial charge in [-0.2, -0.15) is 5.10 Å². The number of aromatic nitrogens is 2. The molecule has 100 valence electrons. The quantitative estimate of drug-likeness (QED) is 0.802. The van der Waals surface area contributed by atoms with Crippen LogP contribution in [0.5, 0.6) is 0 Å². The molecule has 1 aromatic heterocycles. The zero-order valence-electron chi connectivity index (χ0n) is 10.8. The SMILES string of the molecule is CC(c1ccccc1F)N(C)c1ccc(CCl)nn1. The van der Waals surface area contributed by atoms with Crippen molar-refractivity contribution in [2.45, 2.75) is 18.8 Å². The van der Waals surface area contributed by atoms with Crippen molar-refractivity contribution in [3.63, 3.8) is 0 Å². The minimum Gasteiger partial charge on any atom is -0.351 e. The van der Waals surface area contributed by atoms with Crippen molar-refractivity contribution in [2.24, 2.45) is 0 Å². The molecule has 0 aliphatic carbocycles. The number of benzene rings is 1. The molecule has 0 bridgehead atoms. The molecule has 5 heteroatoms. The molecule has 0 N–H and O–H groups in total. The number of hydrogen-bond acceptors (Lipinski definition) is 3. The molecule has 3 nitrogen and oxygen atoms in total. The lowest BCUT2D eigenvalue weighted by atomic mass is 10.1. The summed E-state index contributed by atoms with van der Waals surface area (Å²) in [5.41, 5.74) is 1.35. The Bertz CT molecular complexity index is 545. The van der Waals surface area contributed by atoms with Crippen molar-refractivity contribution in [2.75, 3.05) is 11.9 Å². The van der Waals surface area contributed by atoms with E-state index in [4.69, 9.17) is 11.6 Å². The Hall–Kier alpha value is -1.68. The van der Waals surface area contributed by atoms with Crippen LogP contribution >= 0.6 is 11.6 Å². The number of rotatable bonds is 4. The Labute approximate surface area is 117 Å². The lowest BCUT2D eigenvalue weighted by Gasteiger charge is -2.26. The summed E-state index contributed by atoms with van der Waals surface area (Å²) in [6.07, 6.45) is 0. The van der Waals surface area contributed by atoms with Crippen LogP contribution in [-0.2, 0) is 5.88 Å². The van der Waals surface area contributed by atoms with Gasteiger partial charge in [-0.15, -0.1) is 16.7 Å². The molecular weight excluding hydrogens is 265 g/mol. The molecule has 0 radical (unpaired) electrons. The van der Waals surface area contributed by atoms with Crippen LogP contribution in [0.2, 0.25) is 0 Å². The van der Waals surface area contributed by atoms with Gasteiger partial charge in [-0.05, 0) is 25.1 Å². The molecule has 0 aliphatic rings. The second-order valence-corrected chi connectivity index (χ2v) is 4.59. The maximum atomic E-state index is 13.8. The molecule has 1 atom stereocenters. The molecule has 1 aromatic carbocycles. The highest BCUT2D eigenvalue weighted by Gasteiger charge is 2.16. The summed E-state index contributed by atoms with van der Waals surface area (Å²) in [4.78, 5) is 1.88. The van der Waals surface area contributed by atoms with Gasteiger partial charge in [0.2, 0.25) is 0 Å². The van der Waals surface area contributed by atoms with Crippen LogP contribution in [0.4, 0.5) is 10.2 Å². The van der Waals surface area contributed by atoms with Gasteiger partial charge in [-0.25, -0.2) is 4.39 Å². The Morgan fingerprint density at radius 2 is 1.95 bits per heavy atom. The van der Waals surface area contributed by atoms with E-state index in [0.29, 0.717) is 17.3 Å². The minimum atomic E-state index is -0.216. The van der Waals surface area contributed by atoms with Crippen molar-refractivity contribution < 1.29 is 4.39 Å². The molecule has 0 fully saturated rings. The lowest BCUT2D eigenvalue weighted by Crippen LogP contribution is -2.23. The third kappa shape index (κ3) is 3.01. The van der Waals surface area contributed by atoms with Crippen LogP contribution < -0.4 is 4.90 Å². The fourth-order valence-electron chi connectivity index (χ4n) is 1.83. The van der Waals surface area contributed by atoms with Gasteiger partial charge in [0.25, 0.3) is 0 Å².